The van der Waals surface area contributed by atoms with E-state index < -0.39 is 0 Å². The van der Waals surface area contributed by atoms with Crippen molar-refractivity contribution in [1.82, 2.24) is 19.7 Å². The number of rotatable bonds is 6. The zero-order valence-electron chi connectivity index (χ0n) is 13.9. The monoisotopic (exact) mass is 334 g/mol. The van der Waals surface area contributed by atoms with Crippen LogP contribution in [0.3, 0.4) is 0 Å². The van der Waals surface area contributed by atoms with E-state index in [2.05, 4.69) is 25.8 Å². The van der Waals surface area contributed by atoms with Crippen molar-refractivity contribution in [1.29, 1.82) is 0 Å². The van der Waals surface area contributed by atoms with Crippen molar-refractivity contribution < 1.29 is 9.26 Å². The maximum absolute atomic E-state index is 5.62. The quantitative estimate of drug-likeness (QED) is 0.539. The summed E-state index contributed by atoms with van der Waals surface area (Å²) in [4.78, 5) is 8.97. The predicted octanol–water partition coefficient (Wildman–Crippen LogP) is 3.55. The number of hydrogen-bond donors (Lipinski definition) is 0. The highest BCUT2D eigenvalue weighted by Gasteiger charge is 2.10. The molecule has 0 spiro atoms. The van der Waals surface area contributed by atoms with Crippen LogP contribution in [0.4, 0.5) is 0 Å². The predicted molar refractivity (Wildman–Crippen MR) is 93.2 cm³/mol. The van der Waals surface area contributed by atoms with Crippen molar-refractivity contribution in [2.45, 2.75) is 26.5 Å². The lowest BCUT2D eigenvalue weighted by Crippen LogP contribution is -2.04. The third kappa shape index (κ3) is 3.38. The third-order valence-corrected chi connectivity index (χ3v) is 4.02. The van der Waals surface area contributed by atoms with Crippen molar-refractivity contribution in [3.63, 3.8) is 0 Å². The molecule has 0 bridgehead atoms. The smallest absolute Gasteiger partial charge is 0.264 e. The normalized spacial score (nSPS) is 11.1. The second-order valence-corrected chi connectivity index (χ2v) is 5.76. The Balaban J connectivity index is 1.40. The van der Waals surface area contributed by atoms with Gasteiger partial charge in [-0.2, -0.15) is 4.98 Å². The third-order valence-electron chi connectivity index (χ3n) is 4.02. The van der Waals surface area contributed by atoms with Crippen LogP contribution in [-0.4, -0.2) is 19.7 Å². The first-order valence-corrected chi connectivity index (χ1v) is 8.21. The van der Waals surface area contributed by atoms with Gasteiger partial charge in [0.15, 0.2) is 12.4 Å². The zero-order chi connectivity index (χ0) is 17.1. The van der Waals surface area contributed by atoms with Crippen LogP contribution in [0.15, 0.2) is 59.1 Å². The van der Waals surface area contributed by atoms with Gasteiger partial charge in [-0.1, -0.05) is 35.5 Å². The van der Waals surface area contributed by atoms with E-state index in [9.17, 15) is 0 Å². The lowest BCUT2D eigenvalue weighted by atomic mass is 10.3. The molecular weight excluding hydrogens is 316 g/mol. The molecule has 4 aromatic rings. The summed E-state index contributed by atoms with van der Waals surface area (Å²) in [6, 6.07) is 17.7. The van der Waals surface area contributed by atoms with Crippen molar-refractivity contribution in [3.8, 4) is 5.75 Å². The van der Waals surface area contributed by atoms with E-state index >= 15 is 0 Å². The van der Waals surface area contributed by atoms with Crippen LogP contribution in [-0.2, 0) is 19.6 Å². The topological polar surface area (TPSA) is 66.0 Å². The number of aryl methyl sites for hydroxylation is 3. The molecule has 0 saturated carbocycles. The summed E-state index contributed by atoms with van der Waals surface area (Å²) < 4.78 is 13.1. The van der Waals surface area contributed by atoms with Crippen LogP contribution >= 0.6 is 0 Å². The van der Waals surface area contributed by atoms with E-state index in [1.54, 1.807) is 0 Å². The van der Waals surface area contributed by atoms with Gasteiger partial charge in [0.05, 0.1) is 11.0 Å². The number of aromatic nitrogens is 4. The molecule has 0 N–H and O–H groups in total. The van der Waals surface area contributed by atoms with E-state index in [1.807, 2.05) is 55.5 Å². The highest BCUT2D eigenvalue weighted by atomic mass is 16.5. The van der Waals surface area contributed by atoms with Gasteiger partial charge in [0.25, 0.3) is 5.89 Å². The molecule has 0 atom stereocenters. The van der Waals surface area contributed by atoms with Crippen molar-refractivity contribution in [3.05, 3.63) is 72.1 Å². The molecule has 0 aliphatic heterocycles. The Bertz CT molecular complexity index is 975. The van der Waals surface area contributed by atoms with E-state index in [0.717, 1.165) is 29.2 Å². The van der Waals surface area contributed by atoms with Gasteiger partial charge >= 0.3 is 0 Å². The van der Waals surface area contributed by atoms with Crippen molar-refractivity contribution >= 4 is 11.0 Å². The number of fused-ring (bicyclic) bond motifs is 1. The first-order valence-electron chi connectivity index (χ1n) is 8.21. The van der Waals surface area contributed by atoms with Crippen molar-refractivity contribution in [2.24, 2.45) is 0 Å². The minimum Gasteiger partial charge on any atom is -0.484 e. The molecule has 4 rings (SSSR count). The average molecular weight is 334 g/mol. The fourth-order valence-electron chi connectivity index (χ4n) is 2.80. The molecule has 0 aliphatic carbocycles. The van der Waals surface area contributed by atoms with Gasteiger partial charge in [0.1, 0.15) is 11.6 Å². The molecule has 2 heterocycles. The van der Waals surface area contributed by atoms with Gasteiger partial charge in [-0.15, -0.1) is 0 Å². The minimum absolute atomic E-state index is 0.268. The Morgan fingerprint density at radius 3 is 2.68 bits per heavy atom. The Kier molecular flexibility index (Phi) is 4.16. The largest absolute Gasteiger partial charge is 0.484 e. The minimum atomic E-state index is 0.268. The van der Waals surface area contributed by atoms with E-state index in [4.69, 9.17) is 9.26 Å². The molecule has 25 heavy (non-hydrogen) atoms. The van der Waals surface area contributed by atoms with Gasteiger partial charge in [-0.25, -0.2) is 4.98 Å². The van der Waals surface area contributed by atoms with Gasteiger partial charge in [0.2, 0.25) is 0 Å². The van der Waals surface area contributed by atoms with Gasteiger partial charge < -0.3 is 13.8 Å². The summed E-state index contributed by atoms with van der Waals surface area (Å²) in [6.45, 7) is 3.03. The first kappa shape index (κ1) is 15.4. The maximum Gasteiger partial charge on any atom is 0.264 e. The number of para-hydroxylation sites is 3. The van der Waals surface area contributed by atoms with Crippen LogP contribution < -0.4 is 4.74 Å². The molecule has 126 valence electrons. The van der Waals surface area contributed by atoms with Crippen LogP contribution in [0, 0.1) is 6.92 Å². The molecule has 0 saturated heterocycles. The summed E-state index contributed by atoms with van der Waals surface area (Å²) in [7, 11) is 0. The number of benzene rings is 2. The molecule has 0 radical (unpaired) electrons. The Morgan fingerprint density at radius 1 is 1.00 bits per heavy atom. The Morgan fingerprint density at radius 2 is 1.80 bits per heavy atom. The van der Waals surface area contributed by atoms with Gasteiger partial charge in [0, 0.05) is 13.0 Å². The lowest BCUT2D eigenvalue weighted by Gasteiger charge is -2.04. The van der Waals surface area contributed by atoms with E-state index in [1.165, 1.54) is 0 Å². The van der Waals surface area contributed by atoms with E-state index in [0.29, 0.717) is 18.1 Å². The van der Waals surface area contributed by atoms with Crippen LogP contribution in [0.2, 0.25) is 0 Å². The first-order chi connectivity index (χ1) is 12.3. The zero-order valence-corrected chi connectivity index (χ0v) is 13.9. The van der Waals surface area contributed by atoms with E-state index in [-0.39, 0.29) is 6.61 Å². The van der Waals surface area contributed by atoms with Gasteiger partial charge in [-0.05, 0) is 31.2 Å². The van der Waals surface area contributed by atoms with Crippen LogP contribution in [0.25, 0.3) is 11.0 Å². The molecule has 0 unspecified atom stereocenters. The molecule has 0 fully saturated rings. The molecule has 0 amide bonds. The summed E-state index contributed by atoms with van der Waals surface area (Å²) in [6.07, 6.45) is 0.677. The molecular formula is C19H18N4O2. The molecule has 2 aromatic carbocycles. The number of imidazole rings is 1. The maximum atomic E-state index is 5.62. The molecule has 2 aromatic heterocycles. The molecule has 6 nitrogen and oxygen atoms in total. The number of nitrogens with zero attached hydrogens (tertiary/aromatic N) is 4. The Hall–Kier alpha value is -3.15. The van der Waals surface area contributed by atoms with Crippen LogP contribution in [0.1, 0.15) is 17.5 Å². The summed E-state index contributed by atoms with van der Waals surface area (Å²) in [5, 5.41) is 4.04. The summed E-state index contributed by atoms with van der Waals surface area (Å²) in [5.41, 5.74) is 2.13. The number of ether oxygens (including phenoxy) is 1. The fraction of sp³-hybridized carbons (Fsp3) is 0.211. The van der Waals surface area contributed by atoms with Gasteiger partial charge in [-0.3, -0.25) is 0 Å². The average Bonchev–Trinajstić information content (AvgIpc) is 3.22. The SMILES string of the molecule is Cc1nc2ccccc2n1CCc1noc(COc2ccccc2)n1. The molecule has 6 heteroatoms. The highest BCUT2D eigenvalue weighted by Crippen LogP contribution is 2.16. The Labute approximate surface area is 145 Å². The standard InChI is InChI=1S/C19H18N4O2/c1-14-20-16-9-5-6-10-17(16)23(14)12-11-18-21-19(25-22-18)13-24-15-7-3-2-4-8-15/h2-10H,11-13H2,1H3. The van der Waals surface area contributed by atoms with Crippen molar-refractivity contribution in [2.75, 3.05) is 0 Å². The second kappa shape index (κ2) is 6.76. The summed E-state index contributed by atoms with van der Waals surface area (Å²) >= 11 is 0. The lowest BCUT2D eigenvalue weighted by molar-refractivity contribution is 0.242. The highest BCUT2D eigenvalue weighted by molar-refractivity contribution is 5.75. The fourth-order valence-corrected chi connectivity index (χ4v) is 2.80. The second-order valence-electron chi connectivity index (χ2n) is 5.76. The number of hydrogen-bond acceptors (Lipinski definition) is 5. The summed E-state index contributed by atoms with van der Waals surface area (Å²) in [5.74, 6) is 2.91. The molecule has 0 aliphatic rings. The van der Waals surface area contributed by atoms with Crippen LogP contribution in [0.5, 0.6) is 5.75 Å².